The second kappa shape index (κ2) is 6.26. The molecule has 1 fully saturated rings. The van der Waals surface area contributed by atoms with Gasteiger partial charge in [0.1, 0.15) is 10.7 Å². The Morgan fingerprint density at radius 2 is 2.30 bits per heavy atom. The van der Waals surface area contributed by atoms with Crippen LogP contribution in [-0.4, -0.2) is 51.1 Å². The molecule has 8 heteroatoms. The number of nitrogens with one attached hydrogen (secondary N) is 1. The van der Waals surface area contributed by atoms with E-state index in [-0.39, 0.29) is 16.0 Å². The molecule has 0 saturated carbocycles. The molecule has 112 valence electrons. The van der Waals surface area contributed by atoms with Crippen LogP contribution in [0, 0.1) is 0 Å². The van der Waals surface area contributed by atoms with E-state index in [0.29, 0.717) is 18.9 Å². The highest BCUT2D eigenvalue weighted by Crippen LogP contribution is 2.26. The number of hydrogen-bond acceptors (Lipinski definition) is 5. The molecule has 1 N–H and O–H groups in total. The number of aromatic nitrogens is 1. The molecule has 1 aliphatic heterocycles. The largest absolute Gasteiger partial charge is 0.380 e. The molecular formula is C12H18ClN3O3S. The molecule has 0 amide bonds. The van der Waals surface area contributed by atoms with Crippen LogP contribution in [0.1, 0.15) is 12.8 Å². The number of nitrogens with zero attached hydrogens (tertiary/aromatic N) is 2. The van der Waals surface area contributed by atoms with Gasteiger partial charge in [-0.2, -0.15) is 4.31 Å². The number of sulfonamides is 1. The highest BCUT2D eigenvalue weighted by atomic mass is 35.5. The van der Waals surface area contributed by atoms with Gasteiger partial charge in [-0.1, -0.05) is 11.6 Å². The smallest absolute Gasteiger partial charge is 0.244 e. The molecule has 1 aliphatic rings. The Morgan fingerprint density at radius 1 is 1.55 bits per heavy atom. The molecule has 0 aromatic carbocycles. The highest BCUT2D eigenvalue weighted by molar-refractivity contribution is 7.89. The number of piperidine rings is 1. The molecule has 1 aromatic heterocycles. The van der Waals surface area contributed by atoms with Crippen molar-refractivity contribution in [2.45, 2.75) is 23.8 Å². The number of halogens is 1. The quantitative estimate of drug-likeness (QED) is 0.912. The second-order valence-corrected chi connectivity index (χ2v) is 6.96. The van der Waals surface area contributed by atoms with Crippen LogP contribution < -0.4 is 5.32 Å². The van der Waals surface area contributed by atoms with Gasteiger partial charge in [0, 0.05) is 33.4 Å². The van der Waals surface area contributed by atoms with Gasteiger partial charge in [0.15, 0.2) is 0 Å². The van der Waals surface area contributed by atoms with Gasteiger partial charge in [0.25, 0.3) is 0 Å². The molecule has 1 unspecified atom stereocenters. The number of rotatable bonds is 4. The van der Waals surface area contributed by atoms with Crippen molar-refractivity contribution < 1.29 is 13.2 Å². The molecule has 1 saturated heterocycles. The molecule has 20 heavy (non-hydrogen) atoms. The first kappa shape index (κ1) is 15.5. The van der Waals surface area contributed by atoms with Crippen LogP contribution >= 0.6 is 11.6 Å². The minimum atomic E-state index is -3.57. The van der Waals surface area contributed by atoms with Gasteiger partial charge >= 0.3 is 0 Å². The van der Waals surface area contributed by atoms with E-state index < -0.39 is 10.0 Å². The number of pyridine rings is 1. The third-order valence-electron chi connectivity index (χ3n) is 3.36. The number of methoxy groups -OCH3 is 1. The first-order valence-electron chi connectivity index (χ1n) is 6.35. The SMILES string of the molecule is CNc1ncc(S(=O)(=O)N2CCCC(OC)C2)cc1Cl. The maximum atomic E-state index is 12.6. The topological polar surface area (TPSA) is 71.5 Å². The lowest BCUT2D eigenvalue weighted by Gasteiger charge is -2.31. The lowest BCUT2D eigenvalue weighted by atomic mass is 10.1. The van der Waals surface area contributed by atoms with Crippen molar-refractivity contribution in [1.82, 2.24) is 9.29 Å². The Hall–Kier alpha value is -0.890. The fourth-order valence-corrected chi connectivity index (χ4v) is 4.02. The molecule has 1 aromatic rings. The summed E-state index contributed by atoms with van der Waals surface area (Å²) in [5.74, 6) is 0.457. The standard InChI is InChI=1S/C12H18ClN3O3S/c1-14-12-11(13)6-10(7-15-12)20(17,18)16-5-3-4-9(8-16)19-2/h6-7,9H,3-5,8H2,1-2H3,(H,14,15). The van der Waals surface area contributed by atoms with Crippen LogP contribution in [0.5, 0.6) is 0 Å². The normalized spacial score (nSPS) is 20.9. The van der Waals surface area contributed by atoms with Gasteiger partial charge in [0.2, 0.25) is 10.0 Å². The van der Waals surface area contributed by atoms with Gasteiger partial charge in [-0.05, 0) is 18.9 Å². The van der Waals surface area contributed by atoms with Crippen molar-refractivity contribution in [1.29, 1.82) is 0 Å². The van der Waals surface area contributed by atoms with Gasteiger partial charge in [-0.3, -0.25) is 0 Å². The Morgan fingerprint density at radius 3 is 2.90 bits per heavy atom. The first-order valence-corrected chi connectivity index (χ1v) is 8.17. The summed E-state index contributed by atoms with van der Waals surface area (Å²) in [6, 6.07) is 1.42. The zero-order valence-electron chi connectivity index (χ0n) is 11.5. The molecule has 0 spiro atoms. The van der Waals surface area contributed by atoms with Crippen LogP contribution in [0.25, 0.3) is 0 Å². The Kier molecular flexibility index (Phi) is 4.85. The summed E-state index contributed by atoms with van der Waals surface area (Å²) in [5, 5.41) is 3.08. The lowest BCUT2D eigenvalue weighted by molar-refractivity contribution is 0.0572. The Balaban J connectivity index is 2.28. The number of hydrogen-bond donors (Lipinski definition) is 1. The minimum Gasteiger partial charge on any atom is -0.380 e. The van der Waals surface area contributed by atoms with Crippen molar-refractivity contribution >= 4 is 27.4 Å². The second-order valence-electron chi connectivity index (χ2n) is 4.61. The van der Waals surface area contributed by atoms with E-state index in [1.165, 1.54) is 16.6 Å². The van der Waals surface area contributed by atoms with E-state index >= 15 is 0 Å². The first-order chi connectivity index (χ1) is 9.48. The van der Waals surface area contributed by atoms with Crippen LogP contribution in [0.4, 0.5) is 5.82 Å². The lowest BCUT2D eigenvalue weighted by Crippen LogP contribution is -2.42. The van der Waals surface area contributed by atoms with E-state index in [2.05, 4.69) is 10.3 Å². The maximum Gasteiger partial charge on any atom is 0.244 e. The average Bonchev–Trinajstić information content (AvgIpc) is 2.47. The van der Waals surface area contributed by atoms with Crippen LogP contribution in [0.15, 0.2) is 17.2 Å². The molecule has 1 atom stereocenters. The van der Waals surface area contributed by atoms with Crippen LogP contribution in [-0.2, 0) is 14.8 Å². The van der Waals surface area contributed by atoms with Gasteiger partial charge < -0.3 is 10.1 Å². The summed E-state index contributed by atoms with van der Waals surface area (Å²) in [7, 11) is -0.299. The Labute approximate surface area is 124 Å². The zero-order valence-corrected chi connectivity index (χ0v) is 13.0. The predicted molar refractivity (Wildman–Crippen MR) is 77.6 cm³/mol. The molecule has 6 nitrogen and oxygen atoms in total. The summed E-state index contributed by atoms with van der Waals surface area (Å²) in [6.45, 7) is 0.859. The molecular weight excluding hydrogens is 302 g/mol. The highest BCUT2D eigenvalue weighted by Gasteiger charge is 2.30. The average molecular weight is 320 g/mol. The van der Waals surface area contributed by atoms with Crippen LogP contribution in [0.2, 0.25) is 5.02 Å². The van der Waals surface area contributed by atoms with Crippen molar-refractivity contribution in [2.24, 2.45) is 0 Å². The van der Waals surface area contributed by atoms with E-state index in [4.69, 9.17) is 16.3 Å². The summed E-state index contributed by atoms with van der Waals surface area (Å²) in [5.41, 5.74) is 0. The maximum absolute atomic E-state index is 12.6. The van der Waals surface area contributed by atoms with Crippen molar-refractivity contribution in [2.75, 3.05) is 32.6 Å². The molecule has 0 radical (unpaired) electrons. The summed E-state index contributed by atoms with van der Waals surface area (Å²) >= 11 is 6.00. The van der Waals surface area contributed by atoms with E-state index in [1.54, 1.807) is 14.2 Å². The molecule has 0 aliphatic carbocycles. The van der Waals surface area contributed by atoms with E-state index in [9.17, 15) is 8.42 Å². The van der Waals surface area contributed by atoms with Crippen molar-refractivity contribution in [3.8, 4) is 0 Å². The number of anilines is 1. The molecule has 2 heterocycles. The third kappa shape index (κ3) is 3.06. The number of ether oxygens (including phenoxy) is 1. The monoisotopic (exact) mass is 319 g/mol. The van der Waals surface area contributed by atoms with Crippen molar-refractivity contribution in [3.63, 3.8) is 0 Å². The summed E-state index contributed by atoms with van der Waals surface area (Å²) < 4.78 is 31.8. The summed E-state index contributed by atoms with van der Waals surface area (Å²) in [6.07, 6.45) is 2.93. The van der Waals surface area contributed by atoms with E-state index in [0.717, 1.165) is 12.8 Å². The minimum absolute atomic E-state index is 0.0569. The van der Waals surface area contributed by atoms with Crippen LogP contribution in [0.3, 0.4) is 0 Å². The Bertz CT molecular complexity index is 579. The van der Waals surface area contributed by atoms with Gasteiger partial charge in [-0.15, -0.1) is 0 Å². The fraction of sp³-hybridized carbons (Fsp3) is 0.583. The third-order valence-corrected chi connectivity index (χ3v) is 5.48. The molecule has 0 bridgehead atoms. The summed E-state index contributed by atoms with van der Waals surface area (Å²) in [4.78, 5) is 4.13. The van der Waals surface area contributed by atoms with E-state index in [1.807, 2.05) is 0 Å². The van der Waals surface area contributed by atoms with Gasteiger partial charge in [0.05, 0.1) is 11.1 Å². The molecule has 2 rings (SSSR count). The zero-order chi connectivity index (χ0) is 14.8. The fourth-order valence-electron chi connectivity index (χ4n) is 2.21. The van der Waals surface area contributed by atoms with Gasteiger partial charge in [-0.25, -0.2) is 13.4 Å². The van der Waals surface area contributed by atoms with Crippen molar-refractivity contribution in [3.05, 3.63) is 17.3 Å². The predicted octanol–water partition coefficient (Wildman–Crippen LogP) is 1.58.